The summed E-state index contributed by atoms with van der Waals surface area (Å²) < 4.78 is 15.2. The van der Waals surface area contributed by atoms with Gasteiger partial charge < -0.3 is 14.2 Å². The van der Waals surface area contributed by atoms with E-state index in [1.807, 2.05) is 0 Å². The van der Waals surface area contributed by atoms with Crippen molar-refractivity contribution in [2.45, 2.75) is 18.4 Å². The van der Waals surface area contributed by atoms with Gasteiger partial charge in [0.2, 0.25) is 0 Å². The summed E-state index contributed by atoms with van der Waals surface area (Å²) in [6, 6.07) is -0.295. The van der Waals surface area contributed by atoms with Crippen molar-refractivity contribution in [3.05, 3.63) is 0 Å². The zero-order valence-corrected chi connectivity index (χ0v) is 6.78. The first kappa shape index (κ1) is 7.97. The number of hydrogen-bond donors (Lipinski definition) is 1. The summed E-state index contributed by atoms with van der Waals surface area (Å²) in [4.78, 5) is 11.0. The third-order valence-electron chi connectivity index (χ3n) is 2.11. The number of nitrogens with one attached hydrogen (secondary N) is 1. The van der Waals surface area contributed by atoms with Crippen LogP contribution in [0, 0.1) is 0 Å². The van der Waals surface area contributed by atoms with Crippen molar-refractivity contribution < 1.29 is 19.0 Å². The Balaban J connectivity index is 1.99. The summed E-state index contributed by atoms with van der Waals surface area (Å²) in [7, 11) is 1.57. The number of methoxy groups -OCH3 is 1. The van der Waals surface area contributed by atoms with Gasteiger partial charge in [0.15, 0.2) is 6.29 Å². The predicted molar refractivity (Wildman–Crippen MR) is 38.4 cm³/mol. The van der Waals surface area contributed by atoms with E-state index < -0.39 is 0 Å². The van der Waals surface area contributed by atoms with Crippen LogP contribution in [-0.2, 0) is 19.0 Å². The van der Waals surface area contributed by atoms with Crippen LogP contribution in [0.15, 0.2) is 0 Å². The average molecular weight is 173 g/mol. The minimum Gasteiger partial charge on any atom is -0.462 e. The lowest BCUT2D eigenvalue weighted by Crippen LogP contribution is -2.53. The summed E-state index contributed by atoms with van der Waals surface area (Å²) in [6.45, 7) is 0.864. The number of fused-ring (bicyclic) bond motifs is 1. The zero-order valence-electron chi connectivity index (χ0n) is 6.78. The molecule has 68 valence electrons. The maximum Gasteiger partial charge on any atom is 0.326 e. The lowest BCUT2D eigenvalue weighted by Gasteiger charge is -2.29. The predicted octanol–water partition coefficient (Wildman–Crippen LogP) is -1.13. The number of carbonyl (C=O) groups excluding carboxylic acids is 1. The maximum absolute atomic E-state index is 11.0. The fourth-order valence-electron chi connectivity index (χ4n) is 1.44. The highest BCUT2D eigenvalue weighted by molar-refractivity contribution is 5.78. The molecule has 2 heterocycles. The molecule has 2 saturated heterocycles. The van der Waals surface area contributed by atoms with Gasteiger partial charge in [0, 0.05) is 13.7 Å². The van der Waals surface area contributed by atoms with Crippen LogP contribution >= 0.6 is 0 Å². The Kier molecular flexibility index (Phi) is 2.00. The molecule has 0 aromatic heterocycles. The topological polar surface area (TPSA) is 56.8 Å². The Morgan fingerprint density at radius 1 is 1.67 bits per heavy atom. The second-order valence-corrected chi connectivity index (χ2v) is 2.86. The van der Waals surface area contributed by atoms with Crippen LogP contribution in [0.4, 0.5) is 0 Å². The summed E-state index contributed by atoms with van der Waals surface area (Å²) in [5, 5.41) is 3.01. The van der Waals surface area contributed by atoms with Crippen LogP contribution in [0.25, 0.3) is 0 Å². The van der Waals surface area contributed by atoms with Crippen molar-refractivity contribution in [1.82, 2.24) is 5.32 Å². The van der Waals surface area contributed by atoms with Crippen LogP contribution in [0.5, 0.6) is 0 Å². The standard InChI is InChI=1S/C7H11NO4/c1-10-5-2-8-6-4(12-5)3-11-7(6)9/h4-6,8H,2-3H2,1H3/t4-,5-,6-/m1/s1. The monoisotopic (exact) mass is 173 g/mol. The van der Waals surface area contributed by atoms with E-state index in [1.165, 1.54) is 0 Å². The van der Waals surface area contributed by atoms with E-state index in [1.54, 1.807) is 7.11 Å². The molecule has 3 atom stereocenters. The number of morpholine rings is 1. The smallest absolute Gasteiger partial charge is 0.326 e. The molecule has 0 aromatic rings. The lowest BCUT2D eigenvalue weighted by atomic mass is 10.2. The molecule has 0 radical (unpaired) electrons. The van der Waals surface area contributed by atoms with Gasteiger partial charge in [0.05, 0.1) is 0 Å². The maximum atomic E-state index is 11.0. The van der Waals surface area contributed by atoms with Gasteiger partial charge in [-0.05, 0) is 0 Å². The molecule has 2 aliphatic rings. The number of hydrogen-bond acceptors (Lipinski definition) is 5. The molecule has 0 amide bonds. The summed E-state index contributed by atoms with van der Waals surface area (Å²) in [5.74, 6) is -0.227. The van der Waals surface area contributed by atoms with Crippen LogP contribution in [0.2, 0.25) is 0 Å². The average Bonchev–Trinajstić information content (AvgIpc) is 2.47. The molecule has 0 spiro atoms. The molecule has 0 bridgehead atoms. The molecule has 5 nitrogen and oxygen atoms in total. The summed E-state index contributed by atoms with van der Waals surface area (Å²) in [5.41, 5.74) is 0. The highest BCUT2D eigenvalue weighted by Crippen LogP contribution is 2.17. The zero-order chi connectivity index (χ0) is 8.55. The van der Waals surface area contributed by atoms with Crippen LogP contribution in [-0.4, -0.2) is 44.7 Å². The first-order valence-electron chi connectivity index (χ1n) is 3.89. The molecule has 12 heavy (non-hydrogen) atoms. The minimum atomic E-state index is -0.295. The molecule has 5 heteroatoms. The van der Waals surface area contributed by atoms with Crippen LogP contribution in [0.1, 0.15) is 0 Å². The van der Waals surface area contributed by atoms with Gasteiger partial charge >= 0.3 is 5.97 Å². The quantitative estimate of drug-likeness (QED) is 0.509. The van der Waals surface area contributed by atoms with Gasteiger partial charge in [-0.3, -0.25) is 10.1 Å². The number of esters is 1. The van der Waals surface area contributed by atoms with Gasteiger partial charge in [0.25, 0.3) is 0 Å². The van der Waals surface area contributed by atoms with Gasteiger partial charge in [0.1, 0.15) is 18.8 Å². The molecule has 0 saturated carbocycles. The fourth-order valence-corrected chi connectivity index (χ4v) is 1.44. The third kappa shape index (κ3) is 1.20. The first-order valence-corrected chi connectivity index (χ1v) is 3.89. The van der Waals surface area contributed by atoms with E-state index in [2.05, 4.69) is 5.32 Å². The summed E-state index contributed by atoms with van der Waals surface area (Å²) in [6.07, 6.45) is -0.447. The van der Waals surface area contributed by atoms with E-state index in [9.17, 15) is 4.79 Å². The van der Waals surface area contributed by atoms with Crippen molar-refractivity contribution >= 4 is 5.97 Å². The normalized spacial score (nSPS) is 40.8. The van der Waals surface area contributed by atoms with E-state index >= 15 is 0 Å². The van der Waals surface area contributed by atoms with E-state index in [0.29, 0.717) is 13.2 Å². The van der Waals surface area contributed by atoms with Crippen molar-refractivity contribution in [2.75, 3.05) is 20.3 Å². The van der Waals surface area contributed by atoms with Gasteiger partial charge in [-0.15, -0.1) is 0 Å². The molecule has 0 aliphatic carbocycles. The Labute approximate surface area is 70.0 Å². The molecule has 2 aliphatic heterocycles. The molecule has 0 unspecified atom stereocenters. The van der Waals surface area contributed by atoms with E-state index in [4.69, 9.17) is 14.2 Å². The second-order valence-electron chi connectivity index (χ2n) is 2.86. The lowest BCUT2D eigenvalue weighted by molar-refractivity contribution is -0.175. The van der Waals surface area contributed by atoms with E-state index in [0.717, 1.165) is 0 Å². The van der Waals surface area contributed by atoms with Crippen molar-refractivity contribution in [2.24, 2.45) is 0 Å². The van der Waals surface area contributed by atoms with Gasteiger partial charge in [-0.1, -0.05) is 0 Å². The molecule has 2 rings (SSSR count). The number of carbonyl (C=O) groups is 1. The number of cyclic esters (lactones) is 1. The Morgan fingerprint density at radius 2 is 2.50 bits per heavy atom. The Morgan fingerprint density at radius 3 is 3.25 bits per heavy atom. The van der Waals surface area contributed by atoms with Crippen LogP contribution < -0.4 is 5.32 Å². The molecular formula is C7H11NO4. The van der Waals surface area contributed by atoms with Crippen molar-refractivity contribution in [1.29, 1.82) is 0 Å². The summed E-state index contributed by atoms with van der Waals surface area (Å²) >= 11 is 0. The number of rotatable bonds is 1. The third-order valence-corrected chi connectivity index (χ3v) is 2.11. The number of ether oxygens (including phenoxy) is 3. The largest absolute Gasteiger partial charge is 0.462 e. The Hall–Kier alpha value is -0.650. The molecule has 2 fully saturated rings. The highest BCUT2D eigenvalue weighted by Gasteiger charge is 2.42. The van der Waals surface area contributed by atoms with Gasteiger partial charge in [-0.25, -0.2) is 0 Å². The second kappa shape index (κ2) is 3.01. The van der Waals surface area contributed by atoms with E-state index in [-0.39, 0.29) is 24.4 Å². The fraction of sp³-hybridized carbons (Fsp3) is 0.857. The minimum absolute atomic E-state index is 0.184. The SMILES string of the molecule is CO[C@H]1CN[C@H]2C(=O)OC[C@H]2O1. The van der Waals surface area contributed by atoms with Crippen molar-refractivity contribution in [3.8, 4) is 0 Å². The first-order chi connectivity index (χ1) is 5.81. The molecular weight excluding hydrogens is 162 g/mol. The highest BCUT2D eigenvalue weighted by atomic mass is 16.7. The molecule has 1 N–H and O–H groups in total. The Bertz CT molecular complexity index is 196. The molecule has 0 aromatic carbocycles. The van der Waals surface area contributed by atoms with Crippen molar-refractivity contribution in [3.63, 3.8) is 0 Å². The van der Waals surface area contributed by atoms with Gasteiger partial charge in [-0.2, -0.15) is 0 Å². The van der Waals surface area contributed by atoms with Crippen LogP contribution in [0.3, 0.4) is 0 Å².